The van der Waals surface area contributed by atoms with Gasteiger partial charge in [0.15, 0.2) is 0 Å². The molecule has 0 saturated heterocycles. The number of methoxy groups -OCH3 is 1. The van der Waals surface area contributed by atoms with Gasteiger partial charge in [-0.3, -0.25) is 9.10 Å². The molecule has 2 rings (SSSR count). The molecule has 0 aliphatic heterocycles. The fourth-order valence-electron chi connectivity index (χ4n) is 2.67. The van der Waals surface area contributed by atoms with Crippen molar-refractivity contribution in [2.24, 2.45) is 0 Å². The molecule has 1 unspecified atom stereocenters. The van der Waals surface area contributed by atoms with E-state index >= 15 is 0 Å². The maximum Gasteiger partial charge on any atom is 0.243 e. The third-order valence-corrected chi connectivity index (χ3v) is 5.54. The lowest BCUT2D eigenvalue weighted by molar-refractivity contribution is -0.121. The van der Waals surface area contributed by atoms with Crippen LogP contribution in [0.4, 0.5) is 5.69 Å². The Morgan fingerprint density at radius 1 is 1.15 bits per heavy atom. The Morgan fingerprint density at radius 3 is 2.26 bits per heavy atom. The van der Waals surface area contributed by atoms with Crippen LogP contribution in [0, 0.1) is 0 Å². The summed E-state index contributed by atoms with van der Waals surface area (Å²) in [4.78, 5) is 12.5. The number of rotatable bonds is 8. The lowest BCUT2D eigenvalue weighted by Gasteiger charge is -2.28. The standard InChI is InChI=1S/C19H23ClN2O4S/c1-14(22(27(3,24)25)17-8-6-16(20)7-9-17)19(23)21-13-12-15-4-10-18(26-2)11-5-15/h4-11,14H,12-13H2,1-3H3,(H,21,23). The number of halogens is 1. The molecule has 1 amide bonds. The predicted molar refractivity (Wildman–Crippen MR) is 108 cm³/mol. The van der Waals surface area contributed by atoms with Gasteiger partial charge < -0.3 is 10.1 Å². The van der Waals surface area contributed by atoms with Crippen molar-refractivity contribution in [3.05, 3.63) is 59.1 Å². The van der Waals surface area contributed by atoms with Crippen LogP contribution < -0.4 is 14.4 Å². The summed E-state index contributed by atoms with van der Waals surface area (Å²) >= 11 is 5.86. The Balaban J connectivity index is 2.02. The molecule has 0 aliphatic carbocycles. The Hall–Kier alpha value is -2.25. The Bertz CT molecular complexity index is 868. The number of nitrogens with zero attached hydrogens (tertiary/aromatic N) is 1. The van der Waals surface area contributed by atoms with Crippen LogP contribution in [-0.4, -0.2) is 40.3 Å². The van der Waals surface area contributed by atoms with E-state index in [1.165, 1.54) is 0 Å². The van der Waals surface area contributed by atoms with Crippen molar-refractivity contribution in [1.82, 2.24) is 5.32 Å². The van der Waals surface area contributed by atoms with Crippen molar-refractivity contribution in [3.63, 3.8) is 0 Å². The molecule has 0 aromatic heterocycles. The highest BCUT2D eigenvalue weighted by molar-refractivity contribution is 7.92. The number of hydrogen-bond acceptors (Lipinski definition) is 4. The van der Waals surface area contributed by atoms with Crippen LogP contribution in [0.5, 0.6) is 5.75 Å². The van der Waals surface area contributed by atoms with Gasteiger partial charge in [-0.15, -0.1) is 0 Å². The maximum absolute atomic E-state index is 12.5. The molecule has 2 aromatic carbocycles. The zero-order chi connectivity index (χ0) is 20.0. The second-order valence-corrected chi connectivity index (χ2v) is 8.40. The first-order valence-electron chi connectivity index (χ1n) is 8.38. The van der Waals surface area contributed by atoms with E-state index in [0.717, 1.165) is 21.9 Å². The molecule has 27 heavy (non-hydrogen) atoms. The summed E-state index contributed by atoms with van der Waals surface area (Å²) in [6.07, 6.45) is 1.70. The van der Waals surface area contributed by atoms with Crippen molar-refractivity contribution in [3.8, 4) is 5.75 Å². The van der Waals surface area contributed by atoms with Crippen LogP contribution in [0.2, 0.25) is 5.02 Å². The molecule has 0 heterocycles. The van der Waals surface area contributed by atoms with Gasteiger partial charge in [-0.1, -0.05) is 23.7 Å². The van der Waals surface area contributed by atoms with Crippen LogP contribution in [0.1, 0.15) is 12.5 Å². The summed E-state index contributed by atoms with van der Waals surface area (Å²) in [5, 5.41) is 3.28. The summed E-state index contributed by atoms with van der Waals surface area (Å²) in [7, 11) is -2.04. The third-order valence-electron chi connectivity index (χ3n) is 4.04. The molecule has 0 spiro atoms. The molecule has 1 atom stereocenters. The lowest BCUT2D eigenvalue weighted by atomic mass is 10.1. The van der Waals surface area contributed by atoms with E-state index in [4.69, 9.17) is 16.3 Å². The minimum atomic E-state index is -3.64. The molecule has 0 bridgehead atoms. The molecule has 146 valence electrons. The fourth-order valence-corrected chi connectivity index (χ4v) is 3.97. The Kier molecular flexibility index (Phi) is 7.10. The van der Waals surface area contributed by atoms with E-state index in [2.05, 4.69) is 5.32 Å². The number of amides is 1. The van der Waals surface area contributed by atoms with Crippen LogP contribution in [-0.2, 0) is 21.2 Å². The number of ether oxygens (including phenoxy) is 1. The van der Waals surface area contributed by atoms with Crippen molar-refractivity contribution in [2.45, 2.75) is 19.4 Å². The van der Waals surface area contributed by atoms with Crippen LogP contribution >= 0.6 is 11.6 Å². The normalized spacial score (nSPS) is 12.3. The van der Waals surface area contributed by atoms with Crippen molar-refractivity contribution < 1.29 is 17.9 Å². The monoisotopic (exact) mass is 410 g/mol. The third kappa shape index (κ3) is 5.87. The summed E-state index contributed by atoms with van der Waals surface area (Å²) in [6.45, 7) is 1.95. The average Bonchev–Trinajstić information content (AvgIpc) is 2.63. The number of carbonyl (C=O) groups excluding carboxylic acids is 1. The van der Waals surface area contributed by atoms with Crippen molar-refractivity contribution >= 4 is 33.2 Å². The van der Waals surface area contributed by atoms with Crippen LogP contribution in [0.3, 0.4) is 0 Å². The number of sulfonamides is 1. The van der Waals surface area contributed by atoms with Gasteiger partial charge in [0.05, 0.1) is 19.1 Å². The molecular formula is C19H23ClN2O4S. The molecule has 0 fully saturated rings. The number of carbonyl (C=O) groups is 1. The van der Waals surface area contributed by atoms with E-state index in [-0.39, 0.29) is 5.91 Å². The molecule has 1 N–H and O–H groups in total. The second-order valence-electron chi connectivity index (χ2n) is 6.10. The first-order chi connectivity index (χ1) is 12.7. The first-order valence-corrected chi connectivity index (χ1v) is 10.6. The van der Waals surface area contributed by atoms with Gasteiger partial charge in [-0.05, 0) is 55.3 Å². The average molecular weight is 411 g/mol. The summed E-state index contributed by atoms with van der Waals surface area (Å²) in [5.41, 5.74) is 1.43. The van der Waals surface area contributed by atoms with Gasteiger partial charge in [0.25, 0.3) is 0 Å². The predicted octanol–water partition coefficient (Wildman–Crippen LogP) is 2.86. The van der Waals surface area contributed by atoms with Crippen LogP contribution in [0.25, 0.3) is 0 Å². The summed E-state index contributed by atoms with van der Waals surface area (Å²) < 4.78 is 30.6. The number of hydrogen-bond donors (Lipinski definition) is 1. The zero-order valence-electron chi connectivity index (χ0n) is 15.5. The highest BCUT2D eigenvalue weighted by atomic mass is 35.5. The summed E-state index contributed by atoms with van der Waals surface area (Å²) in [6, 6.07) is 13.0. The summed E-state index contributed by atoms with van der Waals surface area (Å²) in [5.74, 6) is 0.395. The van der Waals surface area contributed by atoms with Gasteiger partial charge in [-0.25, -0.2) is 8.42 Å². The van der Waals surface area contributed by atoms with E-state index in [1.807, 2.05) is 24.3 Å². The zero-order valence-corrected chi connectivity index (χ0v) is 17.0. The van der Waals surface area contributed by atoms with Gasteiger partial charge in [0.1, 0.15) is 11.8 Å². The van der Waals surface area contributed by atoms with E-state index in [1.54, 1.807) is 38.3 Å². The molecular weight excluding hydrogens is 388 g/mol. The highest BCUT2D eigenvalue weighted by Gasteiger charge is 2.28. The largest absolute Gasteiger partial charge is 0.497 e. The number of nitrogens with one attached hydrogen (secondary N) is 1. The lowest BCUT2D eigenvalue weighted by Crippen LogP contribution is -2.48. The Morgan fingerprint density at radius 2 is 1.74 bits per heavy atom. The van der Waals surface area contributed by atoms with Gasteiger partial charge in [0, 0.05) is 11.6 Å². The molecule has 2 aromatic rings. The molecule has 8 heteroatoms. The van der Waals surface area contributed by atoms with Crippen LogP contribution in [0.15, 0.2) is 48.5 Å². The van der Waals surface area contributed by atoms with Gasteiger partial charge in [-0.2, -0.15) is 0 Å². The molecule has 6 nitrogen and oxygen atoms in total. The van der Waals surface area contributed by atoms with Gasteiger partial charge in [0.2, 0.25) is 15.9 Å². The van der Waals surface area contributed by atoms with Crippen molar-refractivity contribution in [1.29, 1.82) is 0 Å². The van der Waals surface area contributed by atoms with E-state index in [0.29, 0.717) is 23.7 Å². The van der Waals surface area contributed by atoms with Gasteiger partial charge >= 0.3 is 0 Å². The SMILES string of the molecule is COc1ccc(CCNC(=O)C(C)N(c2ccc(Cl)cc2)S(C)(=O)=O)cc1. The fraction of sp³-hybridized carbons (Fsp3) is 0.316. The van der Waals surface area contributed by atoms with Crippen molar-refractivity contribution in [2.75, 3.05) is 24.2 Å². The quantitative estimate of drug-likeness (QED) is 0.726. The van der Waals surface area contributed by atoms with E-state index < -0.39 is 16.1 Å². The topological polar surface area (TPSA) is 75.7 Å². The molecule has 0 saturated carbocycles. The number of benzene rings is 2. The Labute approximate surface area is 165 Å². The highest BCUT2D eigenvalue weighted by Crippen LogP contribution is 2.23. The second kappa shape index (κ2) is 9.10. The molecule has 0 radical (unpaired) electrons. The van der Waals surface area contributed by atoms with E-state index in [9.17, 15) is 13.2 Å². The maximum atomic E-state index is 12.5. The molecule has 0 aliphatic rings. The first kappa shape index (κ1) is 21.1. The minimum Gasteiger partial charge on any atom is -0.497 e. The smallest absolute Gasteiger partial charge is 0.243 e. The minimum absolute atomic E-state index is 0.371. The number of anilines is 1.